The normalized spacial score (nSPS) is 20.7. The van der Waals surface area contributed by atoms with Gasteiger partial charge in [0.25, 0.3) is 6.43 Å². The molecule has 0 unspecified atom stereocenters. The lowest BCUT2D eigenvalue weighted by Gasteiger charge is -2.28. The van der Waals surface area contributed by atoms with Crippen molar-refractivity contribution in [2.75, 3.05) is 44.4 Å². The molecule has 1 saturated carbocycles. The fourth-order valence-corrected chi connectivity index (χ4v) is 5.43. The van der Waals surface area contributed by atoms with Crippen molar-refractivity contribution in [3.8, 4) is 5.82 Å². The second-order valence-corrected chi connectivity index (χ2v) is 9.84. The Kier molecular flexibility index (Phi) is 8.58. The number of aromatic nitrogens is 4. The number of benzene rings is 1. The number of rotatable bonds is 10. The molecule has 8 nitrogen and oxygen atoms in total. The van der Waals surface area contributed by atoms with Gasteiger partial charge in [-0.15, -0.1) is 0 Å². The predicted molar refractivity (Wildman–Crippen MR) is 136 cm³/mol. The molecule has 0 radical (unpaired) electrons. The number of ether oxygens (including phenoxy) is 2. The fourth-order valence-electron chi connectivity index (χ4n) is 5.43. The van der Waals surface area contributed by atoms with Crippen LogP contribution in [0.3, 0.4) is 0 Å². The molecule has 0 bridgehead atoms. The highest BCUT2D eigenvalue weighted by Crippen LogP contribution is 2.31. The molecule has 200 valence electrons. The minimum Gasteiger partial charge on any atom is -0.394 e. The van der Waals surface area contributed by atoms with Gasteiger partial charge in [0.15, 0.2) is 5.82 Å². The molecule has 5 rings (SSSR count). The number of imidazole rings is 1. The molecule has 1 saturated heterocycles. The quantitative estimate of drug-likeness (QED) is 0.426. The third-order valence-corrected chi connectivity index (χ3v) is 7.34. The SMILES string of the molecule is OCCO[C@H]1CC[C@H](CCCc2cc(-n3c(C(F)F)nc4ccccc43)nc(N3CCOCC3)n2)CC1. The summed E-state index contributed by atoms with van der Waals surface area (Å²) in [5.41, 5.74) is 1.98. The van der Waals surface area contributed by atoms with Crippen LogP contribution in [0.4, 0.5) is 14.7 Å². The van der Waals surface area contributed by atoms with Crippen molar-refractivity contribution in [1.82, 2.24) is 19.5 Å². The van der Waals surface area contributed by atoms with Crippen molar-refractivity contribution in [1.29, 1.82) is 0 Å². The molecule has 37 heavy (non-hydrogen) atoms. The van der Waals surface area contributed by atoms with E-state index in [2.05, 4.69) is 9.88 Å². The molecule has 3 aromatic rings. The van der Waals surface area contributed by atoms with Crippen molar-refractivity contribution in [3.63, 3.8) is 0 Å². The van der Waals surface area contributed by atoms with Gasteiger partial charge in [-0.05, 0) is 56.6 Å². The van der Waals surface area contributed by atoms with Gasteiger partial charge < -0.3 is 19.5 Å². The molecule has 10 heteroatoms. The van der Waals surface area contributed by atoms with Crippen molar-refractivity contribution in [2.24, 2.45) is 5.92 Å². The third kappa shape index (κ3) is 6.25. The van der Waals surface area contributed by atoms with Gasteiger partial charge in [0.05, 0.1) is 43.6 Å². The summed E-state index contributed by atoms with van der Waals surface area (Å²) in [5, 5.41) is 8.96. The largest absolute Gasteiger partial charge is 0.394 e. The molecule has 2 aromatic heterocycles. The molecule has 1 aromatic carbocycles. The Hall–Kier alpha value is -2.69. The number of alkyl halides is 2. The summed E-state index contributed by atoms with van der Waals surface area (Å²) in [6, 6.07) is 9.00. The Labute approximate surface area is 215 Å². The number of hydrogen-bond acceptors (Lipinski definition) is 7. The first-order valence-electron chi connectivity index (χ1n) is 13.3. The van der Waals surface area contributed by atoms with Crippen LogP contribution >= 0.6 is 0 Å². The lowest BCUT2D eigenvalue weighted by atomic mass is 9.84. The summed E-state index contributed by atoms with van der Waals surface area (Å²) in [5.74, 6) is 1.32. The number of aliphatic hydroxyl groups is 1. The van der Waals surface area contributed by atoms with Crippen LogP contribution in [0.2, 0.25) is 0 Å². The van der Waals surface area contributed by atoms with Gasteiger partial charge in [-0.25, -0.2) is 18.7 Å². The molecule has 1 aliphatic heterocycles. The molecule has 1 aliphatic carbocycles. The Morgan fingerprint density at radius 1 is 1.05 bits per heavy atom. The Bertz CT molecular complexity index is 1160. The highest BCUT2D eigenvalue weighted by Gasteiger charge is 2.24. The standard InChI is InChI=1S/C27H35F2N5O3/c28-25(29)26-31-22-6-1-2-7-23(22)34(26)24-18-20(30-27(32-24)33-12-15-36-16-13-33)5-3-4-19-8-10-21(11-9-19)37-17-14-35/h1-2,6-7,18-19,21,25,35H,3-5,8-17H2/t19-,21-. The van der Waals surface area contributed by atoms with Crippen LogP contribution in [0.5, 0.6) is 0 Å². The molecule has 2 aliphatic rings. The molecular weight excluding hydrogens is 480 g/mol. The van der Waals surface area contributed by atoms with E-state index < -0.39 is 6.43 Å². The van der Waals surface area contributed by atoms with E-state index in [4.69, 9.17) is 24.5 Å². The van der Waals surface area contributed by atoms with Gasteiger partial charge in [0.1, 0.15) is 5.82 Å². The van der Waals surface area contributed by atoms with Gasteiger partial charge in [-0.3, -0.25) is 4.57 Å². The van der Waals surface area contributed by atoms with Crippen molar-refractivity contribution < 1.29 is 23.4 Å². The van der Waals surface area contributed by atoms with Gasteiger partial charge >= 0.3 is 0 Å². The number of aryl methyl sites for hydroxylation is 1. The van der Waals surface area contributed by atoms with Crippen LogP contribution in [0.25, 0.3) is 16.9 Å². The Balaban J connectivity index is 1.36. The van der Waals surface area contributed by atoms with Gasteiger partial charge in [0.2, 0.25) is 5.95 Å². The second kappa shape index (κ2) is 12.2. The van der Waals surface area contributed by atoms with E-state index in [-0.39, 0.29) is 18.5 Å². The molecule has 1 N–H and O–H groups in total. The maximum absolute atomic E-state index is 14.0. The number of para-hydroxylation sites is 2. The summed E-state index contributed by atoms with van der Waals surface area (Å²) < 4.78 is 40.7. The van der Waals surface area contributed by atoms with E-state index in [1.807, 2.05) is 12.1 Å². The van der Waals surface area contributed by atoms with E-state index in [0.29, 0.717) is 61.6 Å². The number of hydrogen-bond donors (Lipinski definition) is 1. The Morgan fingerprint density at radius 2 is 1.84 bits per heavy atom. The predicted octanol–water partition coefficient (Wildman–Crippen LogP) is 4.48. The number of nitrogens with zero attached hydrogens (tertiary/aromatic N) is 5. The Morgan fingerprint density at radius 3 is 2.59 bits per heavy atom. The first-order chi connectivity index (χ1) is 18.1. The molecular formula is C27H35F2N5O3. The van der Waals surface area contributed by atoms with Crippen molar-refractivity contribution in [3.05, 3.63) is 41.9 Å². The second-order valence-electron chi connectivity index (χ2n) is 9.84. The molecule has 0 spiro atoms. The van der Waals surface area contributed by atoms with E-state index in [0.717, 1.165) is 50.6 Å². The van der Waals surface area contributed by atoms with E-state index in [1.165, 1.54) is 4.57 Å². The fraction of sp³-hybridized carbons (Fsp3) is 0.593. The number of anilines is 1. The van der Waals surface area contributed by atoms with Crippen LogP contribution in [-0.4, -0.2) is 70.2 Å². The van der Waals surface area contributed by atoms with E-state index >= 15 is 0 Å². The number of aliphatic hydroxyl groups excluding tert-OH is 1. The van der Waals surface area contributed by atoms with Crippen LogP contribution < -0.4 is 4.90 Å². The van der Waals surface area contributed by atoms with E-state index in [1.54, 1.807) is 18.2 Å². The average molecular weight is 516 g/mol. The van der Waals surface area contributed by atoms with Gasteiger partial charge in [0, 0.05) is 24.8 Å². The lowest BCUT2D eigenvalue weighted by molar-refractivity contribution is -0.000280. The van der Waals surface area contributed by atoms with Crippen LogP contribution in [-0.2, 0) is 15.9 Å². The topological polar surface area (TPSA) is 85.5 Å². The van der Waals surface area contributed by atoms with Crippen LogP contribution in [0, 0.1) is 5.92 Å². The summed E-state index contributed by atoms with van der Waals surface area (Å²) in [7, 11) is 0. The molecule has 0 amide bonds. The van der Waals surface area contributed by atoms with Gasteiger partial charge in [-0.2, -0.15) is 4.98 Å². The summed E-state index contributed by atoms with van der Waals surface area (Å²) in [6.45, 7) is 2.98. The summed E-state index contributed by atoms with van der Waals surface area (Å²) in [4.78, 5) is 15.8. The molecule has 2 fully saturated rings. The minimum absolute atomic E-state index is 0.0704. The van der Waals surface area contributed by atoms with Gasteiger partial charge in [-0.1, -0.05) is 18.6 Å². The smallest absolute Gasteiger partial charge is 0.296 e. The minimum atomic E-state index is -2.73. The first kappa shape index (κ1) is 25.9. The van der Waals surface area contributed by atoms with Crippen molar-refractivity contribution in [2.45, 2.75) is 57.5 Å². The van der Waals surface area contributed by atoms with Crippen molar-refractivity contribution >= 4 is 17.0 Å². The summed E-state index contributed by atoms with van der Waals surface area (Å²) in [6.07, 6.45) is 4.68. The zero-order valence-corrected chi connectivity index (χ0v) is 21.1. The van der Waals surface area contributed by atoms with Crippen LogP contribution in [0.1, 0.15) is 56.5 Å². The first-order valence-corrected chi connectivity index (χ1v) is 13.3. The summed E-state index contributed by atoms with van der Waals surface area (Å²) >= 11 is 0. The van der Waals surface area contributed by atoms with Crippen LogP contribution in [0.15, 0.2) is 30.3 Å². The highest BCUT2D eigenvalue weighted by atomic mass is 19.3. The molecule has 0 atom stereocenters. The number of fused-ring (bicyclic) bond motifs is 1. The third-order valence-electron chi connectivity index (χ3n) is 7.34. The average Bonchev–Trinajstić information content (AvgIpc) is 3.33. The monoisotopic (exact) mass is 515 g/mol. The zero-order chi connectivity index (χ0) is 25.6. The number of halogens is 2. The van der Waals surface area contributed by atoms with E-state index in [9.17, 15) is 8.78 Å². The highest BCUT2D eigenvalue weighted by molar-refractivity contribution is 5.78. The zero-order valence-electron chi connectivity index (χ0n) is 21.1. The maximum atomic E-state index is 14.0. The lowest BCUT2D eigenvalue weighted by Crippen LogP contribution is -2.37. The molecule has 3 heterocycles. The number of morpholine rings is 1. The maximum Gasteiger partial charge on any atom is 0.296 e.